The Labute approximate surface area is 175 Å². The molecule has 2 heterocycles. The number of piperidine rings is 1. The largest absolute Gasteiger partial charge is 0.342 e. The molecule has 0 radical (unpaired) electrons. The topological polar surface area (TPSA) is 73.5 Å². The van der Waals surface area contributed by atoms with E-state index < -0.39 is 0 Å². The molecule has 2 fully saturated rings. The average molecular weight is 431 g/mol. The number of nitrogens with zero attached hydrogens (tertiary/aromatic N) is 1. The molecule has 2 saturated heterocycles. The Balaban J connectivity index is 0.00000280. The summed E-state index contributed by atoms with van der Waals surface area (Å²) in [4.78, 5) is 26.5. The van der Waals surface area contributed by atoms with Crippen LogP contribution in [0.3, 0.4) is 0 Å². The molecule has 6 nitrogen and oxygen atoms in total. The van der Waals surface area contributed by atoms with Gasteiger partial charge in [-0.1, -0.05) is 6.07 Å². The SMILES string of the molecule is Cl.O=C(NCC1CCCN(C(=O)CC2CSCCN2)C1)Nc1cccc(F)c1. The van der Waals surface area contributed by atoms with Crippen molar-refractivity contribution in [2.75, 3.05) is 43.0 Å². The lowest BCUT2D eigenvalue weighted by Crippen LogP contribution is -2.47. The second-order valence-corrected chi connectivity index (χ2v) is 8.27. The molecule has 28 heavy (non-hydrogen) atoms. The lowest BCUT2D eigenvalue weighted by molar-refractivity contribution is -0.133. The smallest absolute Gasteiger partial charge is 0.319 e. The number of carbonyl (C=O) groups excluding carboxylic acids is 2. The first-order valence-corrected chi connectivity index (χ1v) is 10.6. The first-order chi connectivity index (χ1) is 13.1. The summed E-state index contributed by atoms with van der Waals surface area (Å²) in [6.45, 7) is 2.95. The second-order valence-electron chi connectivity index (χ2n) is 7.12. The number of anilines is 1. The van der Waals surface area contributed by atoms with Gasteiger partial charge in [0.2, 0.25) is 5.91 Å². The Morgan fingerprint density at radius 1 is 1.36 bits per heavy atom. The van der Waals surface area contributed by atoms with Crippen LogP contribution in [0.1, 0.15) is 19.3 Å². The van der Waals surface area contributed by atoms with Crippen LogP contribution >= 0.6 is 24.2 Å². The first kappa shape index (κ1) is 22.8. The number of likely N-dealkylation sites (tertiary alicyclic amines) is 1. The molecule has 3 amide bonds. The Morgan fingerprint density at radius 3 is 2.96 bits per heavy atom. The van der Waals surface area contributed by atoms with Crippen molar-refractivity contribution in [3.63, 3.8) is 0 Å². The summed E-state index contributed by atoms with van der Waals surface area (Å²) in [6, 6.07) is 5.71. The van der Waals surface area contributed by atoms with Gasteiger partial charge >= 0.3 is 6.03 Å². The lowest BCUT2D eigenvalue weighted by Gasteiger charge is -2.34. The summed E-state index contributed by atoms with van der Waals surface area (Å²) in [5.74, 6) is 2.16. The molecule has 9 heteroatoms. The van der Waals surface area contributed by atoms with Crippen LogP contribution in [0.5, 0.6) is 0 Å². The minimum absolute atomic E-state index is 0. The van der Waals surface area contributed by atoms with Gasteiger partial charge < -0.3 is 20.9 Å². The number of nitrogens with one attached hydrogen (secondary N) is 3. The van der Waals surface area contributed by atoms with E-state index in [-0.39, 0.29) is 42.1 Å². The third-order valence-corrected chi connectivity index (χ3v) is 6.06. The van der Waals surface area contributed by atoms with Gasteiger partial charge in [-0.05, 0) is 37.0 Å². The molecule has 0 spiro atoms. The summed E-state index contributed by atoms with van der Waals surface area (Å²) >= 11 is 1.89. The monoisotopic (exact) mass is 430 g/mol. The molecule has 1 aromatic carbocycles. The summed E-state index contributed by atoms with van der Waals surface area (Å²) < 4.78 is 13.2. The van der Waals surface area contributed by atoms with Crippen LogP contribution in [0.25, 0.3) is 0 Å². The maximum atomic E-state index is 13.2. The van der Waals surface area contributed by atoms with E-state index in [1.807, 2.05) is 16.7 Å². The van der Waals surface area contributed by atoms with E-state index in [0.29, 0.717) is 25.2 Å². The fourth-order valence-corrected chi connectivity index (χ4v) is 4.48. The zero-order chi connectivity index (χ0) is 19.1. The van der Waals surface area contributed by atoms with Gasteiger partial charge in [-0.15, -0.1) is 12.4 Å². The van der Waals surface area contributed by atoms with Gasteiger partial charge in [0.1, 0.15) is 5.82 Å². The quantitative estimate of drug-likeness (QED) is 0.671. The van der Waals surface area contributed by atoms with Gasteiger partial charge in [0.05, 0.1) is 0 Å². The van der Waals surface area contributed by atoms with Crippen molar-refractivity contribution in [1.82, 2.24) is 15.5 Å². The summed E-state index contributed by atoms with van der Waals surface area (Å²) in [7, 11) is 0. The number of thioether (sulfide) groups is 1. The Hall–Kier alpha value is -1.51. The number of hydrogen-bond donors (Lipinski definition) is 3. The Bertz CT molecular complexity index is 661. The standard InChI is InChI=1S/C19H27FN4O2S.ClH/c20-15-4-1-5-16(9-15)23-19(26)22-11-14-3-2-7-24(12-14)18(25)10-17-13-27-8-6-21-17;/h1,4-5,9,14,17,21H,2-3,6-8,10-13H2,(H2,22,23,26);1H. The van der Waals surface area contributed by atoms with Gasteiger partial charge in [-0.3, -0.25) is 4.79 Å². The highest BCUT2D eigenvalue weighted by molar-refractivity contribution is 7.99. The van der Waals surface area contributed by atoms with Crippen molar-refractivity contribution < 1.29 is 14.0 Å². The molecular formula is C19H28ClFN4O2S. The molecule has 0 bridgehead atoms. The predicted octanol–water partition coefficient (Wildman–Crippen LogP) is 2.70. The number of amides is 3. The van der Waals surface area contributed by atoms with Crippen LogP contribution < -0.4 is 16.0 Å². The third kappa shape index (κ3) is 7.14. The third-order valence-electron chi connectivity index (χ3n) is 4.92. The second kappa shape index (κ2) is 11.5. The van der Waals surface area contributed by atoms with E-state index in [2.05, 4.69) is 16.0 Å². The van der Waals surface area contributed by atoms with E-state index in [1.54, 1.807) is 12.1 Å². The van der Waals surface area contributed by atoms with Crippen molar-refractivity contribution in [1.29, 1.82) is 0 Å². The number of hydrogen-bond acceptors (Lipinski definition) is 4. The van der Waals surface area contributed by atoms with E-state index in [4.69, 9.17) is 0 Å². The van der Waals surface area contributed by atoms with Crippen LogP contribution in [0, 0.1) is 11.7 Å². The van der Waals surface area contributed by atoms with Gasteiger partial charge in [-0.2, -0.15) is 11.8 Å². The normalized spacial score (nSPS) is 22.1. The zero-order valence-corrected chi connectivity index (χ0v) is 17.4. The van der Waals surface area contributed by atoms with Crippen LogP contribution in [0.15, 0.2) is 24.3 Å². The minimum Gasteiger partial charge on any atom is -0.342 e. The van der Waals surface area contributed by atoms with Gasteiger partial charge in [0.15, 0.2) is 0 Å². The number of rotatable bonds is 5. The molecule has 2 atom stereocenters. The minimum atomic E-state index is -0.389. The number of benzene rings is 1. The van der Waals surface area contributed by atoms with Gasteiger partial charge in [-0.25, -0.2) is 9.18 Å². The Kier molecular flexibility index (Phi) is 9.34. The number of carbonyl (C=O) groups is 2. The van der Waals surface area contributed by atoms with E-state index in [9.17, 15) is 14.0 Å². The summed E-state index contributed by atoms with van der Waals surface area (Å²) in [5, 5.41) is 8.87. The van der Waals surface area contributed by atoms with Crippen LogP contribution in [0.4, 0.5) is 14.9 Å². The van der Waals surface area contributed by atoms with Crippen molar-refractivity contribution in [2.24, 2.45) is 5.92 Å². The molecule has 3 N–H and O–H groups in total. The first-order valence-electron chi connectivity index (χ1n) is 9.49. The van der Waals surface area contributed by atoms with Crippen LogP contribution in [0.2, 0.25) is 0 Å². The summed E-state index contributed by atoms with van der Waals surface area (Å²) in [5.41, 5.74) is 0.422. The highest BCUT2D eigenvalue weighted by atomic mass is 35.5. The van der Waals surface area contributed by atoms with E-state index in [1.165, 1.54) is 12.1 Å². The summed E-state index contributed by atoms with van der Waals surface area (Å²) in [6.07, 6.45) is 2.49. The molecule has 2 aliphatic heterocycles. The van der Waals surface area contributed by atoms with Crippen molar-refractivity contribution in [3.05, 3.63) is 30.1 Å². The average Bonchev–Trinajstić information content (AvgIpc) is 2.67. The molecule has 3 rings (SSSR count). The van der Waals surface area contributed by atoms with E-state index in [0.717, 1.165) is 37.4 Å². The van der Waals surface area contributed by atoms with E-state index >= 15 is 0 Å². The fourth-order valence-electron chi connectivity index (χ4n) is 3.53. The predicted molar refractivity (Wildman–Crippen MR) is 114 cm³/mol. The molecule has 0 aromatic heterocycles. The highest BCUT2D eigenvalue weighted by Gasteiger charge is 2.26. The molecule has 0 saturated carbocycles. The van der Waals surface area contributed by atoms with Crippen molar-refractivity contribution in [3.8, 4) is 0 Å². The van der Waals surface area contributed by atoms with Gasteiger partial charge in [0.25, 0.3) is 0 Å². The molecule has 0 aliphatic carbocycles. The molecule has 2 unspecified atom stereocenters. The number of urea groups is 1. The lowest BCUT2D eigenvalue weighted by atomic mass is 9.97. The van der Waals surface area contributed by atoms with Crippen molar-refractivity contribution >= 4 is 41.8 Å². The zero-order valence-electron chi connectivity index (χ0n) is 15.8. The molecular weight excluding hydrogens is 403 g/mol. The van der Waals surface area contributed by atoms with Crippen LogP contribution in [-0.4, -0.2) is 60.6 Å². The maximum Gasteiger partial charge on any atom is 0.319 e. The van der Waals surface area contributed by atoms with Gasteiger partial charge in [0, 0.05) is 55.8 Å². The number of halogens is 2. The van der Waals surface area contributed by atoms with Crippen LogP contribution in [-0.2, 0) is 4.79 Å². The molecule has 1 aromatic rings. The maximum absolute atomic E-state index is 13.2. The fraction of sp³-hybridized carbons (Fsp3) is 0.579. The highest BCUT2D eigenvalue weighted by Crippen LogP contribution is 2.18. The van der Waals surface area contributed by atoms with Crippen molar-refractivity contribution in [2.45, 2.75) is 25.3 Å². The molecule has 156 valence electrons. The Morgan fingerprint density at radius 2 is 2.21 bits per heavy atom. The molecule has 2 aliphatic rings.